The quantitative estimate of drug-likeness (QED) is 0.715. The molecule has 0 aromatic heterocycles. The van der Waals surface area contributed by atoms with Crippen LogP contribution in [0.4, 0.5) is 13.2 Å². The first-order valence-electron chi connectivity index (χ1n) is 5.13. The fraction of sp³-hybridized carbons (Fsp3) is 1.00. The Bertz CT molecular complexity index is 143. The Labute approximate surface area is 83.9 Å². The van der Waals surface area contributed by atoms with Gasteiger partial charge in [0.2, 0.25) is 0 Å². The van der Waals surface area contributed by atoms with E-state index < -0.39 is 12.6 Å². The molecule has 0 aromatic carbocycles. The first-order valence-corrected chi connectivity index (χ1v) is 5.13. The van der Waals surface area contributed by atoms with Gasteiger partial charge in [0.15, 0.2) is 0 Å². The van der Waals surface area contributed by atoms with Crippen LogP contribution < -0.4 is 5.73 Å². The van der Waals surface area contributed by atoms with Crippen LogP contribution in [-0.2, 0) is 0 Å². The zero-order valence-electron chi connectivity index (χ0n) is 8.90. The second-order valence-corrected chi connectivity index (χ2v) is 4.24. The van der Waals surface area contributed by atoms with Crippen molar-refractivity contribution in [1.29, 1.82) is 0 Å². The fourth-order valence-corrected chi connectivity index (χ4v) is 1.28. The second-order valence-electron chi connectivity index (χ2n) is 4.24. The summed E-state index contributed by atoms with van der Waals surface area (Å²) in [7, 11) is 0. The molecular formula is C10H20F3N. The lowest BCUT2D eigenvalue weighted by Crippen LogP contribution is -2.23. The van der Waals surface area contributed by atoms with Gasteiger partial charge in [-0.05, 0) is 18.8 Å². The Morgan fingerprint density at radius 1 is 1.07 bits per heavy atom. The molecule has 1 atom stereocenters. The van der Waals surface area contributed by atoms with Gasteiger partial charge in [-0.3, -0.25) is 0 Å². The summed E-state index contributed by atoms with van der Waals surface area (Å²) in [6, 6.07) is -0.296. The molecule has 0 radical (unpaired) electrons. The Morgan fingerprint density at radius 3 is 2.07 bits per heavy atom. The van der Waals surface area contributed by atoms with Crippen LogP contribution in [0.25, 0.3) is 0 Å². The third-order valence-electron chi connectivity index (χ3n) is 2.15. The van der Waals surface area contributed by atoms with E-state index in [0.717, 1.165) is 12.8 Å². The lowest BCUT2D eigenvalue weighted by molar-refractivity contribution is -0.136. The van der Waals surface area contributed by atoms with Crippen molar-refractivity contribution in [2.45, 2.75) is 58.2 Å². The van der Waals surface area contributed by atoms with E-state index >= 15 is 0 Å². The SMILES string of the molecule is CC(C)CCCC(N)CCC(F)(F)F. The molecular weight excluding hydrogens is 191 g/mol. The van der Waals surface area contributed by atoms with E-state index in [1.807, 2.05) is 0 Å². The summed E-state index contributed by atoms with van der Waals surface area (Å²) in [5.74, 6) is 0.602. The lowest BCUT2D eigenvalue weighted by Gasteiger charge is -2.13. The molecule has 0 aliphatic carbocycles. The van der Waals surface area contributed by atoms with Gasteiger partial charge in [-0.15, -0.1) is 0 Å². The molecule has 4 heteroatoms. The monoisotopic (exact) mass is 211 g/mol. The molecule has 14 heavy (non-hydrogen) atoms. The van der Waals surface area contributed by atoms with Gasteiger partial charge in [-0.1, -0.05) is 26.7 Å². The summed E-state index contributed by atoms with van der Waals surface area (Å²) in [5, 5.41) is 0. The van der Waals surface area contributed by atoms with E-state index in [9.17, 15) is 13.2 Å². The smallest absolute Gasteiger partial charge is 0.328 e. The van der Waals surface area contributed by atoms with E-state index in [1.165, 1.54) is 0 Å². The zero-order chi connectivity index (χ0) is 11.2. The van der Waals surface area contributed by atoms with Crippen LogP contribution in [0.15, 0.2) is 0 Å². The molecule has 0 amide bonds. The van der Waals surface area contributed by atoms with Crippen molar-refractivity contribution in [2.75, 3.05) is 0 Å². The normalized spacial score (nSPS) is 14.8. The molecule has 0 aliphatic rings. The topological polar surface area (TPSA) is 26.0 Å². The Morgan fingerprint density at radius 2 is 1.64 bits per heavy atom. The van der Waals surface area contributed by atoms with Crippen LogP contribution >= 0.6 is 0 Å². The third-order valence-corrected chi connectivity index (χ3v) is 2.15. The van der Waals surface area contributed by atoms with Gasteiger partial charge in [0.1, 0.15) is 0 Å². The predicted octanol–water partition coefficient (Wildman–Crippen LogP) is 3.48. The van der Waals surface area contributed by atoms with Crippen molar-refractivity contribution in [1.82, 2.24) is 0 Å². The van der Waals surface area contributed by atoms with Gasteiger partial charge in [0.25, 0.3) is 0 Å². The maximum Gasteiger partial charge on any atom is 0.389 e. The Hall–Kier alpha value is -0.250. The highest BCUT2D eigenvalue weighted by molar-refractivity contribution is 4.64. The van der Waals surface area contributed by atoms with E-state index in [2.05, 4.69) is 13.8 Å². The van der Waals surface area contributed by atoms with Gasteiger partial charge in [0.05, 0.1) is 0 Å². The highest BCUT2D eigenvalue weighted by Gasteiger charge is 2.27. The molecule has 0 saturated heterocycles. The van der Waals surface area contributed by atoms with Crippen LogP contribution in [0.5, 0.6) is 0 Å². The molecule has 86 valence electrons. The number of hydrogen-bond acceptors (Lipinski definition) is 1. The molecule has 0 heterocycles. The Kier molecular flexibility index (Phi) is 6.16. The van der Waals surface area contributed by atoms with Crippen molar-refractivity contribution >= 4 is 0 Å². The molecule has 0 aliphatic heterocycles. The summed E-state index contributed by atoms with van der Waals surface area (Å²) in [6.07, 6.45) is -2.09. The molecule has 1 unspecified atom stereocenters. The molecule has 0 rings (SSSR count). The van der Waals surface area contributed by atoms with E-state index in [4.69, 9.17) is 5.73 Å². The van der Waals surface area contributed by atoms with Gasteiger partial charge >= 0.3 is 6.18 Å². The minimum Gasteiger partial charge on any atom is -0.328 e. The van der Waals surface area contributed by atoms with E-state index in [1.54, 1.807) is 0 Å². The zero-order valence-corrected chi connectivity index (χ0v) is 8.90. The first-order chi connectivity index (χ1) is 6.31. The number of hydrogen-bond donors (Lipinski definition) is 1. The second kappa shape index (κ2) is 6.27. The maximum atomic E-state index is 11.8. The predicted molar refractivity (Wildman–Crippen MR) is 52.0 cm³/mol. The summed E-state index contributed by atoms with van der Waals surface area (Å²) < 4.78 is 35.4. The fourth-order valence-electron chi connectivity index (χ4n) is 1.28. The highest BCUT2D eigenvalue weighted by Crippen LogP contribution is 2.23. The third kappa shape index (κ3) is 9.84. The van der Waals surface area contributed by atoms with Gasteiger partial charge in [0, 0.05) is 12.5 Å². The van der Waals surface area contributed by atoms with Gasteiger partial charge in [-0.2, -0.15) is 13.2 Å². The van der Waals surface area contributed by atoms with Gasteiger partial charge < -0.3 is 5.73 Å². The van der Waals surface area contributed by atoms with Crippen LogP contribution in [0.1, 0.15) is 46.0 Å². The minimum absolute atomic E-state index is 0.0571. The molecule has 0 aromatic rings. The molecule has 0 fully saturated rings. The number of alkyl halides is 3. The lowest BCUT2D eigenvalue weighted by atomic mass is 10.0. The highest BCUT2D eigenvalue weighted by atomic mass is 19.4. The van der Waals surface area contributed by atoms with Crippen molar-refractivity contribution in [3.8, 4) is 0 Å². The van der Waals surface area contributed by atoms with Crippen molar-refractivity contribution in [3.05, 3.63) is 0 Å². The van der Waals surface area contributed by atoms with Crippen molar-refractivity contribution in [3.63, 3.8) is 0 Å². The summed E-state index contributed by atoms with van der Waals surface area (Å²) in [4.78, 5) is 0. The molecule has 0 bridgehead atoms. The summed E-state index contributed by atoms with van der Waals surface area (Å²) >= 11 is 0. The largest absolute Gasteiger partial charge is 0.389 e. The molecule has 2 N–H and O–H groups in total. The molecule has 0 saturated carbocycles. The first kappa shape index (κ1) is 13.8. The minimum atomic E-state index is -4.06. The standard InChI is InChI=1S/C10H20F3N/c1-8(2)4-3-5-9(14)6-7-10(11,12)13/h8-9H,3-7,14H2,1-2H3. The molecule has 1 nitrogen and oxygen atoms in total. The summed E-state index contributed by atoms with van der Waals surface area (Å²) in [6.45, 7) is 4.20. The van der Waals surface area contributed by atoms with Crippen molar-refractivity contribution in [2.24, 2.45) is 11.7 Å². The average Bonchev–Trinajstić information content (AvgIpc) is 1.99. The van der Waals surface area contributed by atoms with Crippen LogP contribution in [0.3, 0.4) is 0 Å². The molecule has 0 spiro atoms. The number of halogens is 3. The summed E-state index contributed by atoms with van der Waals surface area (Å²) in [5.41, 5.74) is 5.57. The average molecular weight is 211 g/mol. The van der Waals surface area contributed by atoms with Crippen LogP contribution in [0.2, 0.25) is 0 Å². The number of nitrogens with two attached hydrogens (primary N) is 1. The maximum absolute atomic E-state index is 11.8. The number of rotatable bonds is 6. The van der Waals surface area contributed by atoms with E-state index in [-0.39, 0.29) is 12.5 Å². The van der Waals surface area contributed by atoms with Crippen LogP contribution in [-0.4, -0.2) is 12.2 Å². The van der Waals surface area contributed by atoms with Crippen LogP contribution in [0, 0.1) is 5.92 Å². The Balaban J connectivity index is 3.42. The van der Waals surface area contributed by atoms with Crippen molar-refractivity contribution < 1.29 is 13.2 Å². The van der Waals surface area contributed by atoms with Gasteiger partial charge in [-0.25, -0.2) is 0 Å². The van der Waals surface area contributed by atoms with E-state index in [0.29, 0.717) is 12.3 Å².